The zero-order valence-corrected chi connectivity index (χ0v) is 15.8. The number of sulfonamides is 1. The molecule has 1 aromatic heterocycles. The average molecular weight is 450 g/mol. The summed E-state index contributed by atoms with van der Waals surface area (Å²) in [7, 11) is -3.24. The van der Waals surface area contributed by atoms with Crippen LogP contribution in [0.4, 0.5) is 32.0 Å². The van der Waals surface area contributed by atoms with E-state index in [9.17, 15) is 34.8 Å². The van der Waals surface area contributed by atoms with Crippen molar-refractivity contribution in [3.05, 3.63) is 59.9 Å². The lowest BCUT2D eigenvalue weighted by Crippen LogP contribution is -2.18. The minimum atomic E-state index is -5.18. The van der Waals surface area contributed by atoms with Gasteiger partial charge >= 0.3 is 12.4 Å². The van der Waals surface area contributed by atoms with Crippen molar-refractivity contribution in [2.45, 2.75) is 17.2 Å². The van der Waals surface area contributed by atoms with E-state index in [1.54, 1.807) is 13.1 Å². The highest BCUT2D eigenvalue weighted by Crippen LogP contribution is 2.38. The van der Waals surface area contributed by atoms with Crippen LogP contribution in [-0.4, -0.2) is 23.2 Å². The second kappa shape index (κ2) is 7.31. The Balaban J connectivity index is 2.11. The number of rotatable bonds is 4. The molecule has 1 N–H and O–H groups in total. The fourth-order valence-corrected chi connectivity index (χ4v) is 3.73. The molecule has 0 unspecified atom stereocenters. The summed E-state index contributed by atoms with van der Waals surface area (Å²) in [5.74, 6) is 0.230. The Kier molecular flexibility index (Phi) is 5.26. The number of aryl methyl sites for hydroxylation is 1. The highest BCUT2D eigenvalue weighted by Gasteiger charge is 2.38. The lowest BCUT2D eigenvalue weighted by Gasteiger charge is -2.16. The van der Waals surface area contributed by atoms with E-state index in [2.05, 4.69) is 10.2 Å². The smallest absolute Gasteiger partial charge is 0.317 e. The van der Waals surface area contributed by atoms with Crippen LogP contribution >= 0.6 is 0 Å². The van der Waals surface area contributed by atoms with Crippen LogP contribution in [0.3, 0.4) is 0 Å². The van der Waals surface area contributed by atoms with Crippen LogP contribution in [-0.2, 0) is 29.4 Å². The maximum absolute atomic E-state index is 13.0. The summed E-state index contributed by atoms with van der Waals surface area (Å²) < 4.78 is 107. The Morgan fingerprint density at radius 1 is 0.933 bits per heavy atom. The Bertz CT molecular complexity index is 1150. The van der Waals surface area contributed by atoms with E-state index in [-0.39, 0.29) is 35.3 Å². The molecule has 160 valence electrons. The number of halogens is 6. The molecular formula is C17H12F6N4O2S. The Labute approximate surface area is 166 Å². The molecule has 0 fully saturated rings. The van der Waals surface area contributed by atoms with Gasteiger partial charge in [0.05, 0.1) is 21.7 Å². The van der Waals surface area contributed by atoms with E-state index in [4.69, 9.17) is 0 Å². The van der Waals surface area contributed by atoms with Crippen LogP contribution in [0, 0.1) is 0 Å². The molecule has 0 bridgehead atoms. The van der Waals surface area contributed by atoms with Gasteiger partial charge in [0.2, 0.25) is 0 Å². The number of para-hydroxylation sites is 1. The third-order valence-electron chi connectivity index (χ3n) is 4.00. The zero-order chi connectivity index (χ0) is 22.3. The van der Waals surface area contributed by atoms with Crippen LogP contribution in [0.25, 0.3) is 11.4 Å². The topological polar surface area (TPSA) is 76.9 Å². The summed E-state index contributed by atoms with van der Waals surface area (Å²) in [5.41, 5.74) is -3.35. The molecule has 0 amide bonds. The first-order chi connectivity index (χ1) is 13.8. The van der Waals surface area contributed by atoms with Crippen LogP contribution < -0.4 is 4.72 Å². The van der Waals surface area contributed by atoms with Crippen LogP contribution in [0.2, 0.25) is 0 Å². The number of alkyl halides is 6. The largest absolute Gasteiger partial charge is 0.416 e. The number of benzene rings is 2. The van der Waals surface area contributed by atoms with E-state index >= 15 is 0 Å². The second-order valence-corrected chi connectivity index (χ2v) is 7.84. The number of hydrogen-bond acceptors (Lipinski definition) is 4. The number of hydrogen-bond donors (Lipinski definition) is 1. The Morgan fingerprint density at radius 3 is 2.00 bits per heavy atom. The van der Waals surface area contributed by atoms with Gasteiger partial charge in [0.25, 0.3) is 10.0 Å². The first kappa shape index (κ1) is 21.6. The molecule has 13 heteroatoms. The maximum atomic E-state index is 13.0. The van der Waals surface area contributed by atoms with Gasteiger partial charge in [-0.25, -0.2) is 8.42 Å². The van der Waals surface area contributed by atoms with Crippen molar-refractivity contribution < 1.29 is 34.8 Å². The van der Waals surface area contributed by atoms with Gasteiger partial charge in [-0.3, -0.25) is 4.72 Å². The predicted molar refractivity (Wildman–Crippen MR) is 93.7 cm³/mol. The third-order valence-corrected chi connectivity index (χ3v) is 5.34. The lowest BCUT2D eigenvalue weighted by atomic mass is 10.1. The first-order valence-electron chi connectivity index (χ1n) is 8.05. The van der Waals surface area contributed by atoms with Gasteiger partial charge in [0.15, 0.2) is 5.82 Å². The van der Waals surface area contributed by atoms with Gasteiger partial charge in [-0.1, -0.05) is 12.1 Å². The van der Waals surface area contributed by atoms with Crippen LogP contribution in [0.15, 0.2) is 53.7 Å². The summed E-state index contributed by atoms with van der Waals surface area (Å²) in [4.78, 5) is -1.18. The van der Waals surface area contributed by atoms with Crippen molar-refractivity contribution in [1.29, 1.82) is 0 Å². The van der Waals surface area contributed by atoms with Crippen LogP contribution in [0.1, 0.15) is 11.1 Å². The summed E-state index contributed by atoms with van der Waals surface area (Å²) >= 11 is 0. The second-order valence-electron chi connectivity index (χ2n) is 6.16. The molecule has 0 saturated carbocycles. The molecule has 3 aromatic rings. The van der Waals surface area contributed by atoms with Gasteiger partial charge < -0.3 is 4.57 Å². The molecule has 0 spiro atoms. The van der Waals surface area contributed by atoms with E-state index in [1.165, 1.54) is 29.1 Å². The normalized spacial score (nSPS) is 12.8. The number of nitrogens with zero attached hydrogens (tertiary/aromatic N) is 3. The Hall–Kier alpha value is -3.09. The minimum Gasteiger partial charge on any atom is -0.317 e. The van der Waals surface area contributed by atoms with Crippen molar-refractivity contribution in [2.75, 3.05) is 4.72 Å². The van der Waals surface area contributed by atoms with Crippen molar-refractivity contribution in [2.24, 2.45) is 7.05 Å². The molecule has 0 aliphatic carbocycles. The third kappa shape index (κ3) is 4.40. The maximum Gasteiger partial charge on any atom is 0.416 e. The average Bonchev–Trinajstić information content (AvgIpc) is 3.06. The molecule has 0 radical (unpaired) electrons. The molecule has 2 aromatic carbocycles. The van der Waals surface area contributed by atoms with E-state index < -0.39 is 38.4 Å². The summed E-state index contributed by atoms with van der Waals surface area (Å²) in [6.45, 7) is 0. The van der Waals surface area contributed by atoms with Gasteiger partial charge in [-0.15, -0.1) is 10.2 Å². The molecule has 0 saturated heterocycles. The first-order valence-corrected chi connectivity index (χ1v) is 9.53. The molecule has 3 rings (SSSR count). The minimum absolute atomic E-state index is 0.0976. The SMILES string of the molecule is Cn1cnnc1-c1ccccc1NS(=O)(=O)c1cc(C(F)(F)F)cc(C(F)(F)F)c1. The fraction of sp³-hybridized carbons (Fsp3) is 0.176. The summed E-state index contributed by atoms with van der Waals surface area (Å²) in [6, 6.07) is 5.88. The number of aromatic nitrogens is 3. The molecular weight excluding hydrogens is 438 g/mol. The quantitative estimate of drug-likeness (QED) is 0.601. The molecule has 0 atom stereocenters. The molecule has 30 heavy (non-hydrogen) atoms. The van der Waals surface area contributed by atoms with E-state index in [0.29, 0.717) is 0 Å². The molecule has 1 heterocycles. The van der Waals surface area contributed by atoms with E-state index in [0.717, 1.165) is 0 Å². The van der Waals surface area contributed by atoms with Crippen molar-refractivity contribution in [1.82, 2.24) is 14.8 Å². The zero-order valence-electron chi connectivity index (χ0n) is 15.0. The van der Waals surface area contributed by atoms with Gasteiger partial charge in [-0.2, -0.15) is 26.3 Å². The van der Waals surface area contributed by atoms with Gasteiger partial charge in [0.1, 0.15) is 6.33 Å². The summed E-state index contributed by atoms with van der Waals surface area (Å²) in [5, 5.41) is 7.48. The van der Waals surface area contributed by atoms with Crippen LogP contribution in [0.5, 0.6) is 0 Å². The van der Waals surface area contributed by atoms with Crippen molar-refractivity contribution >= 4 is 15.7 Å². The monoisotopic (exact) mass is 450 g/mol. The molecule has 0 aliphatic heterocycles. The summed E-state index contributed by atoms with van der Waals surface area (Å²) in [6.07, 6.45) is -9.02. The van der Waals surface area contributed by atoms with Crippen molar-refractivity contribution in [3.8, 4) is 11.4 Å². The standard InChI is InChI=1S/C17H12F6N4O2S/c1-27-9-24-25-15(27)13-4-2-3-5-14(13)26-30(28,29)12-7-10(16(18,19)20)6-11(8-12)17(21,22)23/h2-9,26H,1H3. The van der Waals surface area contributed by atoms with Gasteiger partial charge in [-0.05, 0) is 30.3 Å². The Morgan fingerprint density at radius 2 is 1.50 bits per heavy atom. The predicted octanol–water partition coefficient (Wildman–Crippen LogP) is 4.32. The van der Waals surface area contributed by atoms with E-state index in [1.807, 2.05) is 4.72 Å². The lowest BCUT2D eigenvalue weighted by molar-refractivity contribution is -0.143. The molecule has 6 nitrogen and oxygen atoms in total. The highest BCUT2D eigenvalue weighted by atomic mass is 32.2. The number of anilines is 1. The number of nitrogens with one attached hydrogen (secondary N) is 1. The molecule has 0 aliphatic rings. The van der Waals surface area contributed by atoms with Gasteiger partial charge in [0, 0.05) is 12.6 Å². The highest BCUT2D eigenvalue weighted by molar-refractivity contribution is 7.92. The fourth-order valence-electron chi connectivity index (χ4n) is 2.58. The van der Waals surface area contributed by atoms with Crippen molar-refractivity contribution in [3.63, 3.8) is 0 Å².